The Morgan fingerprint density at radius 1 is 1.23 bits per heavy atom. The number of nitrogens with two attached hydrogens (primary N) is 1. The van der Waals surface area contributed by atoms with E-state index in [0.717, 1.165) is 0 Å². The molecule has 9 heteroatoms. The van der Waals surface area contributed by atoms with Gasteiger partial charge in [-0.15, -0.1) is 0 Å². The van der Waals surface area contributed by atoms with E-state index in [9.17, 15) is 18.0 Å². The maximum Gasteiger partial charge on any atom is 0.433 e. The van der Waals surface area contributed by atoms with Crippen LogP contribution in [0.4, 0.5) is 30.6 Å². The summed E-state index contributed by atoms with van der Waals surface area (Å²) in [6.07, 6.45) is -4.65. The Morgan fingerprint density at radius 2 is 1.95 bits per heavy atom. The first-order chi connectivity index (χ1) is 10.3. The molecule has 0 fully saturated rings. The topological polar surface area (TPSA) is 92.9 Å². The number of alkyl halides is 3. The second-order valence-corrected chi connectivity index (χ2v) is 4.29. The Labute approximate surface area is 123 Å². The normalized spacial score (nSPS) is 11.1. The number of rotatable bonds is 3. The van der Waals surface area contributed by atoms with Gasteiger partial charge in [0.15, 0.2) is 5.69 Å². The number of amides is 1. The minimum atomic E-state index is -4.65. The molecule has 116 valence electrons. The summed E-state index contributed by atoms with van der Waals surface area (Å²) in [5.74, 6) is -1.14. The van der Waals surface area contributed by atoms with Gasteiger partial charge in [0.1, 0.15) is 5.82 Å². The van der Waals surface area contributed by atoms with Crippen molar-refractivity contribution in [1.29, 1.82) is 0 Å². The van der Waals surface area contributed by atoms with Gasteiger partial charge in [0.2, 0.25) is 5.95 Å². The first-order valence-electron chi connectivity index (χ1n) is 6.10. The zero-order chi connectivity index (χ0) is 16.3. The van der Waals surface area contributed by atoms with Crippen LogP contribution < -0.4 is 16.4 Å². The van der Waals surface area contributed by atoms with Gasteiger partial charge in [0.05, 0.1) is 0 Å². The number of anilines is 3. The Kier molecular flexibility index (Phi) is 4.15. The number of nitrogens with zero attached hydrogens (tertiary/aromatic N) is 2. The number of nitrogen functional groups attached to an aromatic ring is 1. The number of hydrogen-bond donors (Lipinski definition) is 3. The second-order valence-electron chi connectivity index (χ2n) is 4.29. The molecule has 0 saturated carbocycles. The SMILES string of the molecule is CNc1nc(NC(=O)c2cccc(N)c2)cc(C(F)(F)F)n1. The van der Waals surface area contributed by atoms with Gasteiger partial charge < -0.3 is 16.4 Å². The summed E-state index contributed by atoms with van der Waals surface area (Å²) in [5, 5.41) is 4.70. The highest BCUT2D eigenvalue weighted by atomic mass is 19.4. The molecule has 6 nitrogen and oxygen atoms in total. The van der Waals surface area contributed by atoms with Crippen LogP contribution in [-0.2, 0) is 6.18 Å². The lowest BCUT2D eigenvalue weighted by atomic mass is 10.2. The number of hydrogen-bond acceptors (Lipinski definition) is 5. The predicted molar refractivity (Wildman–Crippen MR) is 75.4 cm³/mol. The standard InChI is InChI=1S/C13H12F3N5O/c1-18-12-19-9(13(14,15)16)6-10(21-12)20-11(22)7-3-2-4-8(17)5-7/h2-6H,17H2,1H3,(H2,18,19,20,21,22). The van der Waals surface area contributed by atoms with E-state index in [2.05, 4.69) is 20.6 Å². The van der Waals surface area contributed by atoms with Gasteiger partial charge in [-0.3, -0.25) is 4.79 Å². The Hall–Kier alpha value is -2.84. The number of benzene rings is 1. The van der Waals surface area contributed by atoms with E-state index in [1.165, 1.54) is 19.2 Å². The number of aromatic nitrogens is 2. The minimum Gasteiger partial charge on any atom is -0.399 e. The van der Waals surface area contributed by atoms with Crippen LogP contribution in [-0.4, -0.2) is 22.9 Å². The fraction of sp³-hybridized carbons (Fsp3) is 0.154. The molecule has 4 N–H and O–H groups in total. The van der Waals surface area contributed by atoms with Gasteiger partial charge in [-0.1, -0.05) is 6.07 Å². The first-order valence-corrected chi connectivity index (χ1v) is 6.10. The lowest BCUT2D eigenvalue weighted by molar-refractivity contribution is -0.141. The third-order valence-electron chi connectivity index (χ3n) is 2.63. The van der Waals surface area contributed by atoms with Crippen LogP contribution in [0.15, 0.2) is 30.3 Å². The molecule has 0 spiro atoms. The van der Waals surface area contributed by atoms with Crippen molar-refractivity contribution in [2.75, 3.05) is 23.4 Å². The highest BCUT2D eigenvalue weighted by molar-refractivity contribution is 6.04. The molecule has 0 bridgehead atoms. The zero-order valence-corrected chi connectivity index (χ0v) is 11.4. The van der Waals surface area contributed by atoms with Crippen molar-refractivity contribution in [1.82, 2.24) is 9.97 Å². The molecular weight excluding hydrogens is 299 g/mol. The molecule has 0 atom stereocenters. The maximum atomic E-state index is 12.8. The van der Waals surface area contributed by atoms with Crippen LogP contribution in [0.3, 0.4) is 0 Å². The van der Waals surface area contributed by atoms with E-state index in [0.29, 0.717) is 11.8 Å². The average Bonchev–Trinajstić information content (AvgIpc) is 2.46. The van der Waals surface area contributed by atoms with Crippen molar-refractivity contribution < 1.29 is 18.0 Å². The molecule has 1 amide bonds. The summed E-state index contributed by atoms with van der Waals surface area (Å²) in [6, 6.07) is 6.69. The monoisotopic (exact) mass is 311 g/mol. The highest BCUT2D eigenvalue weighted by Crippen LogP contribution is 2.29. The minimum absolute atomic E-state index is 0.207. The summed E-state index contributed by atoms with van der Waals surface area (Å²) < 4.78 is 38.3. The molecule has 1 aromatic carbocycles. The van der Waals surface area contributed by atoms with Crippen molar-refractivity contribution in [2.45, 2.75) is 6.18 Å². The fourth-order valence-electron chi connectivity index (χ4n) is 1.64. The van der Waals surface area contributed by atoms with Crippen LogP contribution in [0.2, 0.25) is 0 Å². The van der Waals surface area contributed by atoms with E-state index >= 15 is 0 Å². The molecule has 2 rings (SSSR count). The molecule has 1 aromatic heterocycles. The predicted octanol–water partition coefficient (Wildman–Crippen LogP) is 2.37. The summed E-state index contributed by atoms with van der Waals surface area (Å²) >= 11 is 0. The maximum absolute atomic E-state index is 12.8. The van der Waals surface area contributed by atoms with Crippen LogP contribution in [0.5, 0.6) is 0 Å². The third kappa shape index (κ3) is 3.62. The quantitative estimate of drug-likeness (QED) is 0.757. The van der Waals surface area contributed by atoms with Crippen molar-refractivity contribution in [2.24, 2.45) is 0 Å². The lowest BCUT2D eigenvalue weighted by Crippen LogP contribution is -2.17. The molecule has 22 heavy (non-hydrogen) atoms. The third-order valence-corrected chi connectivity index (χ3v) is 2.63. The summed E-state index contributed by atoms with van der Waals surface area (Å²) in [7, 11) is 1.37. The fourth-order valence-corrected chi connectivity index (χ4v) is 1.64. The van der Waals surface area contributed by atoms with E-state index in [1.54, 1.807) is 12.1 Å². The van der Waals surface area contributed by atoms with Crippen LogP contribution >= 0.6 is 0 Å². The van der Waals surface area contributed by atoms with Gasteiger partial charge in [0.25, 0.3) is 5.91 Å². The highest BCUT2D eigenvalue weighted by Gasteiger charge is 2.33. The number of nitrogens with one attached hydrogen (secondary N) is 2. The number of carbonyl (C=O) groups is 1. The van der Waals surface area contributed by atoms with Gasteiger partial charge in [-0.05, 0) is 18.2 Å². The first kappa shape index (κ1) is 15.5. The molecule has 0 aliphatic rings. The van der Waals surface area contributed by atoms with Crippen LogP contribution in [0.25, 0.3) is 0 Å². The van der Waals surface area contributed by atoms with Gasteiger partial charge >= 0.3 is 6.18 Å². The van der Waals surface area contributed by atoms with Crippen LogP contribution in [0.1, 0.15) is 16.1 Å². The Morgan fingerprint density at radius 3 is 2.55 bits per heavy atom. The molecule has 0 aliphatic carbocycles. The van der Waals surface area contributed by atoms with Crippen molar-refractivity contribution in [3.05, 3.63) is 41.6 Å². The van der Waals surface area contributed by atoms with Crippen molar-refractivity contribution in [3.8, 4) is 0 Å². The van der Waals surface area contributed by atoms with E-state index < -0.39 is 17.8 Å². The summed E-state index contributed by atoms with van der Waals surface area (Å²) in [4.78, 5) is 19.1. The van der Waals surface area contributed by atoms with E-state index in [4.69, 9.17) is 5.73 Å². The molecule has 0 radical (unpaired) electrons. The number of carbonyl (C=O) groups excluding carboxylic acids is 1. The molecule has 1 heterocycles. The smallest absolute Gasteiger partial charge is 0.399 e. The number of halogens is 3. The Balaban J connectivity index is 2.31. The average molecular weight is 311 g/mol. The van der Waals surface area contributed by atoms with E-state index in [-0.39, 0.29) is 17.3 Å². The Bertz CT molecular complexity index is 702. The summed E-state index contributed by atoms with van der Waals surface area (Å²) in [6.45, 7) is 0. The van der Waals surface area contributed by atoms with Crippen LogP contribution in [0, 0.1) is 0 Å². The molecule has 0 unspecified atom stereocenters. The largest absolute Gasteiger partial charge is 0.433 e. The van der Waals surface area contributed by atoms with Gasteiger partial charge in [-0.2, -0.15) is 18.2 Å². The van der Waals surface area contributed by atoms with Gasteiger partial charge in [0, 0.05) is 24.4 Å². The summed E-state index contributed by atoms with van der Waals surface area (Å²) in [5.41, 5.74) is 4.96. The molecular formula is C13H12F3N5O. The van der Waals surface area contributed by atoms with Crippen molar-refractivity contribution >= 4 is 23.4 Å². The zero-order valence-electron chi connectivity index (χ0n) is 11.4. The molecule has 0 aliphatic heterocycles. The lowest BCUT2D eigenvalue weighted by Gasteiger charge is -2.11. The molecule has 2 aromatic rings. The van der Waals surface area contributed by atoms with Gasteiger partial charge in [-0.25, -0.2) is 4.98 Å². The molecule has 0 saturated heterocycles. The van der Waals surface area contributed by atoms with Crippen molar-refractivity contribution in [3.63, 3.8) is 0 Å². The second kappa shape index (κ2) is 5.88. The van der Waals surface area contributed by atoms with E-state index in [1.807, 2.05) is 0 Å².